The van der Waals surface area contributed by atoms with Crippen molar-refractivity contribution in [3.05, 3.63) is 39.9 Å². The van der Waals surface area contributed by atoms with Gasteiger partial charge in [-0.15, -0.1) is 11.3 Å². The number of nitrogens with zero attached hydrogens (tertiary/aromatic N) is 5. The molecule has 0 aromatic carbocycles. The highest BCUT2D eigenvalue weighted by molar-refractivity contribution is 7.17. The molecule has 0 bridgehead atoms. The van der Waals surface area contributed by atoms with Crippen molar-refractivity contribution >= 4 is 39.9 Å². The van der Waals surface area contributed by atoms with E-state index in [0.29, 0.717) is 37.3 Å². The Bertz CT molecular complexity index is 1030. The van der Waals surface area contributed by atoms with E-state index in [1.165, 1.54) is 21.1 Å². The molecule has 8 nitrogen and oxygen atoms in total. The minimum Gasteiger partial charge on any atom is -0.351 e. The van der Waals surface area contributed by atoms with Crippen LogP contribution in [0.5, 0.6) is 0 Å². The number of hydrogen-bond donors (Lipinski definition) is 0. The summed E-state index contributed by atoms with van der Waals surface area (Å²) < 4.78 is 0. The van der Waals surface area contributed by atoms with Crippen LogP contribution in [0.4, 0.5) is 10.8 Å². The Hall–Kier alpha value is -2.94. The summed E-state index contributed by atoms with van der Waals surface area (Å²) in [6.45, 7) is 3.86. The molecule has 0 unspecified atom stereocenters. The fourth-order valence-electron chi connectivity index (χ4n) is 3.93. The van der Waals surface area contributed by atoms with Gasteiger partial charge in [0.25, 0.3) is 11.8 Å². The van der Waals surface area contributed by atoms with Crippen LogP contribution < -0.4 is 9.80 Å². The van der Waals surface area contributed by atoms with Crippen molar-refractivity contribution in [3.63, 3.8) is 0 Å². The van der Waals surface area contributed by atoms with E-state index in [1.54, 1.807) is 32.1 Å². The topological polar surface area (TPSA) is 77.1 Å². The maximum Gasteiger partial charge on any atom is 0.272 e. The van der Waals surface area contributed by atoms with E-state index in [2.05, 4.69) is 9.88 Å². The van der Waals surface area contributed by atoms with Gasteiger partial charge in [0.05, 0.1) is 12.1 Å². The number of rotatable bonds is 3. The van der Waals surface area contributed by atoms with Crippen molar-refractivity contribution in [1.29, 1.82) is 0 Å². The Morgan fingerprint density at radius 1 is 1.23 bits per heavy atom. The molecule has 2 aromatic rings. The summed E-state index contributed by atoms with van der Waals surface area (Å²) in [5.74, 6) is 0.461. The second kappa shape index (κ2) is 7.71. The number of carbonyl (C=O) groups excluding carboxylic acids is 3. The van der Waals surface area contributed by atoms with Crippen LogP contribution in [-0.4, -0.2) is 73.3 Å². The third-order valence-electron chi connectivity index (χ3n) is 5.52. The van der Waals surface area contributed by atoms with Crippen molar-refractivity contribution < 1.29 is 14.4 Å². The standard InChI is InChI=1S/C21H25N5O3S/c1-5-26-17(27)12-24(4)20(29)18-13-9-10-25(11-15(13)30-21(18)26)16-8-6-7-14(22-16)19(28)23(2)3/h6-8H,5,9-12H2,1-4H3. The number of thiophene rings is 1. The largest absolute Gasteiger partial charge is 0.351 e. The van der Waals surface area contributed by atoms with Crippen LogP contribution in [0.25, 0.3) is 0 Å². The zero-order chi connectivity index (χ0) is 21.6. The van der Waals surface area contributed by atoms with Crippen molar-refractivity contribution in [2.75, 3.05) is 50.6 Å². The summed E-state index contributed by atoms with van der Waals surface area (Å²) in [7, 11) is 5.09. The van der Waals surface area contributed by atoms with Gasteiger partial charge in [0, 0.05) is 39.1 Å². The predicted molar refractivity (Wildman–Crippen MR) is 116 cm³/mol. The van der Waals surface area contributed by atoms with E-state index in [9.17, 15) is 14.4 Å². The van der Waals surface area contributed by atoms with Crippen LogP contribution in [0.1, 0.15) is 38.2 Å². The van der Waals surface area contributed by atoms with Crippen molar-refractivity contribution in [3.8, 4) is 0 Å². The van der Waals surface area contributed by atoms with Gasteiger partial charge in [0.15, 0.2) is 0 Å². The van der Waals surface area contributed by atoms with Gasteiger partial charge in [0.2, 0.25) is 5.91 Å². The van der Waals surface area contributed by atoms with Crippen molar-refractivity contribution in [2.24, 2.45) is 0 Å². The van der Waals surface area contributed by atoms with Gasteiger partial charge >= 0.3 is 0 Å². The molecule has 4 rings (SSSR count). The maximum absolute atomic E-state index is 13.0. The average Bonchev–Trinajstić information content (AvgIpc) is 3.07. The van der Waals surface area contributed by atoms with Crippen molar-refractivity contribution in [1.82, 2.24) is 14.8 Å². The Balaban J connectivity index is 1.69. The van der Waals surface area contributed by atoms with Crippen LogP contribution in [0.2, 0.25) is 0 Å². The smallest absolute Gasteiger partial charge is 0.272 e. The summed E-state index contributed by atoms with van der Waals surface area (Å²) in [5, 5.41) is 0.758. The lowest BCUT2D eigenvalue weighted by Gasteiger charge is -2.29. The maximum atomic E-state index is 13.0. The fraction of sp³-hybridized carbons (Fsp3) is 0.429. The molecule has 0 atom stereocenters. The third-order valence-corrected chi connectivity index (χ3v) is 6.76. The normalized spacial score (nSPS) is 16.3. The first-order valence-corrected chi connectivity index (χ1v) is 10.8. The molecule has 9 heteroatoms. The molecule has 0 radical (unpaired) electrons. The summed E-state index contributed by atoms with van der Waals surface area (Å²) in [4.78, 5) is 50.4. The van der Waals surface area contributed by atoms with Gasteiger partial charge in [-0.25, -0.2) is 4.98 Å². The third kappa shape index (κ3) is 3.32. The van der Waals surface area contributed by atoms with Gasteiger partial charge in [-0.3, -0.25) is 14.4 Å². The minimum atomic E-state index is -0.136. The van der Waals surface area contributed by atoms with Crippen LogP contribution in [0.3, 0.4) is 0 Å². The molecule has 158 valence electrons. The molecular formula is C21H25N5O3S. The van der Waals surface area contributed by atoms with E-state index < -0.39 is 0 Å². The summed E-state index contributed by atoms with van der Waals surface area (Å²) in [5.41, 5.74) is 2.12. The van der Waals surface area contributed by atoms with E-state index in [0.717, 1.165) is 21.3 Å². The molecular weight excluding hydrogens is 402 g/mol. The molecule has 2 aliphatic heterocycles. The number of aromatic nitrogens is 1. The highest BCUT2D eigenvalue weighted by Crippen LogP contribution is 2.41. The number of fused-ring (bicyclic) bond motifs is 3. The van der Waals surface area contributed by atoms with Gasteiger partial charge in [-0.05, 0) is 31.0 Å². The van der Waals surface area contributed by atoms with Crippen molar-refractivity contribution in [2.45, 2.75) is 19.9 Å². The van der Waals surface area contributed by atoms with Crippen LogP contribution in [-0.2, 0) is 17.8 Å². The first kappa shape index (κ1) is 20.3. The highest BCUT2D eigenvalue weighted by Gasteiger charge is 2.36. The number of carbonyl (C=O) groups is 3. The number of hydrogen-bond acceptors (Lipinski definition) is 6. The molecule has 0 aliphatic carbocycles. The summed E-state index contributed by atoms with van der Waals surface area (Å²) in [6.07, 6.45) is 0.694. The Kier molecular flexibility index (Phi) is 5.23. The Morgan fingerprint density at radius 2 is 2.00 bits per heavy atom. The zero-order valence-corrected chi connectivity index (χ0v) is 18.5. The monoisotopic (exact) mass is 427 g/mol. The first-order chi connectivity index (χ1) is 14.3. The molecule has 0 saturated heterocycles. The quantitative estimate of drug-likeness (QED) is 0.747. The molecule has 2 aromatic heterocycles. The lowest BCUT2D eigenvalue weighted by molar-refractivity contribution is -0.118. The van der Waals surface area contributed by atoms with E-state index >= 15 is 0 Å². The van der Waals surface area contributed by atoms with E-state index in [1.807, 2.05) is 19.1 Å². The minimum absolute atomic E-state index is 0.0564. The predicted octanol–water partition coefficient (Wildman–Crippen LogP) is 1.85. The number of anilines is 2. The number of pyridine rings is 1. The van der Waals surface area contributed by atoms with Crippen LogP contribution in [0.15, 0.2) is 18.2 Å². The second-order valence-corrected chi connectivity index (χ2v) is 8.82. The molecule has 3 amide bonds. The molecule has 30 heavy (non-hydrogen) atoms. The molecule has 2 aliphatic rings. The van der Waals surface area contributed by atoms with Gasteiger partial charge in [-0.2, -0.15) is 0 Å². The second-order valence-electron chi connectivity index (χ2n) is 7.74. The van der Waals surface area contributed by atoms with Gasteiger partial charge in [-0.1, -0.05) is 6.07 Å². The van der Waals surface area contributed by atoms with E-state index in [-0.39, 0.29) is 24.3 Å². The lowest BCUT2D eigenvalue weighted by Crippen LogP contribution is -2.37. The Labute approximate surface area is 179 Å². The first-order valence-electron chi connectivity index (χ1n) is 9.95. The van der Waals surface area contributed by atoms with Crippen LogP contribution >= 0.6 is 11.3 Å². The van der Waals surface area contributed by atoms with E-state index in [4.69, 9.17) is 0 Å². The molecule has 0 spiro atoms. The molecule has 0 N–H and O–H groups in total. The molecule has 0 saturated carbocycles. The van der Waals surface area contributed by atoms with Crippen LogP contribution in [0, 0.1) is 0 Å². The highest BCUT2D eigenvalue weighted by atomic mass is 32.1. The SMILES string of the molecule is CCN1C(=O)CN(C)C(=O)c2c1sc1c2CCN(c2cccc(C(=O)N(C)C)n2)C1. The summed E-state index contributed by atoms with van der Waals surface area (Å²) in [6, 6.07) is 5.46. The number of likely N-dealkylation sites (N-methyl/N-ethyl adjacent to an activating group) is 2. The lowest BCUT2D eigenvalue weighted by atomic mass is 10.0. The molecule has 4 heterocycles. The van der Waals surface area contributed by atoms with Gasteiger partial charge < -0.3 is 19.6 Å². The molecule has 0 fully saturated rings. The van der Waals surface area contributed by atoms with Gasteiger partial charge in [0.1, 0.15) is 23.1 Å². The Morgan fingerprint density at radius 3 is 2.70 bits per heavy atom. The summed E-state index contributed by atoms with van der Waals surface area (Å²) >= 11 is 1.52. The number of amides is 3. The average molecular weight is 428 g/mol. The fourth-order valence-corrected chi connectivity index (χ4v) is 5.36. The zero-order valence-electron chi connectivity index (χ0n) is 17.6.